The monoisotopic (exact) mass is 608 g/mol. The second kappa shape index (κ2) is 10.7. The third-order valence-corrected chi connectivity index (χ3v) is 8.34. The van der Waals surface area contributed by atoms with Crippen molar-refractivity contribution in [2.75, 3.05) is 31.1 Å². The van der Waals surface area contributed by atoms with E-state index >= 15 is 4.39 Å². The minimum atomic E-state index is -0.701. The van der Waals surface area contributed by atoms with E-state index in [4.69, 9.17) is 32.9 Å². The molecule has 3 aromatic heterocycles. The van der Waals surface area contributed by atoms with Crippen molar-refractivity contribution in [3.63, 3.8) is 0 Å². The Labute approximate surface area is 251 Å². The third-order valence-electron chi connectivity index (χ3n) is 7.70. The van der Waals surface area contributed by atoms with Crippen LogP contribution in [-0.2, 0) is 4.79 Å². The summed E-state index contributed by atoms with van der Waals surface area (Å²) in [5, 5.41) is 0.372. The molecular weight excluding hydrogens is 582 g/mol. The molecule has 0 N–H and O–H groups in total. The topological polar surface area (TPSA) is 93.5 Å². The summed E-state index contributed by atoms with van der Waals surface area (Å²) in [6.45, 7) is 10.7. The molecule has 216 valence electrons. The van der Waals surface area contributed by atoms with E-state index in [2.05, 4.69) is 16.5 Å². The van der Waals surface area contributed by atoms with E-state index in [0.717, 1.165) is 5.56 Å². The van der Waals surface area contributed by atoms with E-state index in [-0.39, 0.29) is 57.2 Å². The van der Waals surface area contributed by atoms with Crippen LogP contribution in [-0.4, -0.2) is 62.6 Å². The van der Waals surface area contributed by atoms with Gasteiger partial charge in [-0.2, -0.15) is 4.98 Å². The van der Waals surface area contributed by atoms with E-state index in [1.165, 1.54) is 22.8 Å². The van der Waals surface area contributed by atoms with Gasteiger partial charge in [-0.15, -0.1) is 0 Å². The van der Waals surface area contributed by atoms with Crippen molar-refractivity contribution in [2.24, 2.45) is 0 Å². The van der Waals surface area contributed by atoms with Gasteiger partial charge in [0.2, 0.25) is 5.91 Å². The maximum atomic E-state index is 15.4. The van der Waals surface area contributed by atoms with Crippen LogP contribution in [0.5, 0.6) is 5.75 Å². The average Bonchev–Trinajstić information content (AvgIpc) is 3.13. The van der Waals surface area contributed by atoms with Gasteiger partial charge in [-0.05, 0) is 42.7 Å². The maximum absolute atomic E-state index is 15.4. The van der Waals surface area contributed by atoms with Crippen LogP contribution < -0.4 is 15.3 Å². The smallest absolute Gasteiger partial charge is 0.355 e. The Hall–Kier alpha value is -4.02. The van der Waals surface area contributed by atoms with Crippen LogP contribution >= 0.6 is 23.2 Å². The third kappa shape index (κ3) is 4.40. The summed E-state index contributed by atoms with van der Waals surface area (Å²) in [4.78, 5) is 44.1. The van der Waals surface area contributed by atoms with Crippen LogP contribution in [0.15, 0.2) is 47.9 Å². The summed E-state index contributed by atoms with van der Waals surface area (Å²) in [7, 11) is 0. The molecule has 0 radical (unpaired) electrons. The number of benzene rings is 1. The highest BCUT2D eigenvalue weighted by Crippen LogP contribution is 2.46. The number of aryl methyl sites for hydroxylation is 1. The number of halogens is 3. The first-order chi connectivity index (χ1) is 20.1. The molecule has 0 saturated carbocycles. The fraction of sp³-hybridized carbons (Fsp3) is 0.300. The zero-order valence-electron chi connectivity index (χ0n) is 23.2. The Morgan fingerprint density at radius 1 is 1.21 bits per heavy atom. The van der Waals surface area contributed by atoms with E-state index < -0.39 is 11.5 Å². The van der Waals surface area contributed by atoms with Gasteiger partial charge in [0.25, 0.3) is 0 Å². The van der Waals surface area contributed by atoms with Crippen LogP contribution in [0.2, 0.25) is 10.0 Å². The minimum absolute atomic E-state index is 0.0371. The Kier molecular flexibility index (Phi) is 7.14. The predicted octanol–water partition coefficient (Wildman–Crippen LogP) is 5.32. The van der Waals surface area contributed by atoms with Crippen molar-refractivity contribution >= 4 is 46.0 Å². The molecule has 0 unspecified atom stereocenters. The van der Waals surface area contributed by atoms with Crippen molar-refractivity contribution in [3.8, 4) is 22.7 Å². The van der Waals surface area contributed by atoms with Crippen molar-refractivity contribution in [3.05, 3.63) is 80.7 Å². The maximum Gasteiger partial charge on any atom is 0.355 e. The van der Waals surface area contributed by atoms with Gasteiger partial charge in [-0.1, -0.05) is 49.7 Å². The molecule has 9 nitrogen and oxygen atoms in total. The SMILES string of the molecule is C=CC(=O)N1CCN2c3nc(=O)n(-c4c(C)ccnc4C(C)C)c4nc(-c5cccc(Cl)c5F)c(Cl)c(c34)OC[C@@H]2C1. The number of hydrogen-bond donors (Lipinski definition) is 0. The van der Waals surface area contributed by atoms with E-state index in [0.29, 0.717) is 42.2 Å². The van der Waals surface area contributed by atoms with Gasteiger partial charge >= 0.3 is 5.69 Å². The Bertz CT molecular complexity index is 1840. The number of nitrogens with zero attached hydrogens (tertiary/aromatic N) is 6. The molecule has 42 heavy (non-hydrogen) atoms. The standard InChI is InChI=1S/C30H27Cl2FN6O3/c1-5-20(40)37-11-12-38-17(13-37)14-42-27-21-28(38)36-30(41)39(26-16(4)9-10-34-24(26)15(2)3)29(21)35-25(22(27)32)18-7-6-8-19(31)23(18)33/h5-10,15,17H,1,11-14H2,2-4H3/t17-/m0/s1. The molecule has 2 aliphatic rings. The molecule has 0 bridgehead atoms. The van der Waals surface area contributed by atoms with Gasteiger partial charge in [-0.25, -0.2) is 18.7 Å². The molecule has 5 heterocycles. The van der Waals surface area contributed by atoms with Crippen molar-refractivity contribution in [1.29, 1.82) is 0 Å². The molecular formula is C30H27Cl2FN6O3. The lowest BCUT2D eigenvalue weighted by Crippen LogP contribution is -2.56. The average molecular weight is 609 g/mol. The second-order valence-corrected chi connectivity index (χ2v) is 11.4. The summed E-state index contributed by atoms with van der Waals surface area (Å²) in [6.07, 6.45) is 2.96. The quantitative estimate of drug-likeness (QED) is 0.290. The number of pyridine rings is 2. The molecule has 2 aliphatic heterocycles. The van der Waals surface area contributed by atoms with Gasteiger partial charge in [-0.3, -0.25) is 9.78 Å². The van der Waals surface area contributed by atoms with Crippen molar-refractivity contribution in [1.82, 2.24) is 24.4 Å². The number of hydrogen-bond acceptors (Lipinski definition) is 7. The lowest BCUT2D eigenvalue weighted by molar-refractivity contribution is -0.126. The molecule has 0 aliphatic carbocycles. The number of piperazine rings is 1. The van der Waals surface area contributed by atoms with Crippen molar-refractivity contribution in [2.45, 2.75) is 32.7 Å². The number of carbonyl (C=O) groups is 1. The number of rotatable bonds is 4. The van der Waals surface area contributed by atoms with Crippen LogP contribution in [0.25, 0.3) is 28.0 Å². The molecule has 0 spiro atoms. The lowest BCUT2D eigenvalue weighted by atomic mass is 10.0. The highest BCUT2D eigenvalue weighted by molar-refractivity contribution is 6.36. The number of ether oxygens (including phenoxy) is 1. The number of amides is 1. The number of anilines is 1. The molecule has 1 fully saturated rings. The van der Waals surface area contributed by atoms with Gasteiger partial charge in [0.1, 0.15) is 22.8 Å². The fourth-order valence-corrected chi connectivity index (χ4v) is 6.13. The Morgan fingerprint density at radius 2 is 2.00 bits per heavy atom. The molecule has 1 amide bonds. The van der Waals surface area contributed by atoms with Crippen molar-refractivity contribution < 1.29 is 13.9 Å². The van der Waals surface area contributed by atoms with Gasteiger partial charge in [0.05, 0.1) is 28.1 Å². The molecule has 6 rings (SSSR count). The second-order valence-electron chi connectivity index (χ2n) is 10.6. The first-order valence-electron chi connectivity index (χ1n) is 13.5. The highest BCUT2D eigenvalue weighted by Gasteiger charge is 2.37. The van der Waals surface area contributed by atoms with Crippen LogP contribution in [0.3, 0.4) is 0 Å². The fourth-order valence-electron chi connectivity index (χ4n) is 5.66. The van der Waals surface area contributed by atoms with Crippen LogP contribution in [0, 0.1) is 12.7 Å². The summed E-state index contributed by atoms with van der Waals surface area (Å²) in [5.41, 5.74) is 1.74. The summed E-state index contributed by atoms with van der Waals surface area (Å²) in [6, 6.07) is 6.02. The predicted molar refractivity (Wildman–Crippen MR) is 161 cm³/mol. The first-order valence-corrected chi connectivity index (χ1v) is 14.2. The van der Waals surface area contributed by atoms with E-state index in [1.807, 2.05) is 31.7 Å². The van der Waals surface area contributed by atoms with E-state index in [9.17, 15) is 9.59 Å². The zero-order valence-corrected chi connectivity index (χ0v) is 24.7. The molecule has 1 aromatic carbocycles. The lowest BCUT2D eigenvalue weighted by Gasteiger charge is -2.40. The normalized spacial score (nSPS) is 16.3. The molecule has 1 saturated heterocycles. The Balaban J connectivity index is 1.71. The van der Waals surface area contributed by atoms with Crippen LogP contribution in [0.1, 0.15) is 31.0 Å². The van der Waals surface area contributed by atoms with Gasteiger partial charge in [0, 0.05) is 31.4 Å². The summed E-state index contributed by atoms with van der Waals surface area (Å²) >= 11 is 13.1. The number of fused-ring (bicyclic) bond motifs is 2. The minimum Gasteiger partial charge on any atom is -0.489 e. The van der Waals surface area contributed by atoms with Gasteiger partial charge < -0.3 is 14.5 Å². The first kappa shape index (κ1) is 28.1. The largest absolute Gasteiger partial charge is 0.489 e. The highest BCUT2D eigenvalue weighted by atomic mass is 35.5. The van der Waals surface area contributed by atoms with Crippen LogP contribution in [0.4, 0.5) is 10.2 Å². The van der Waals surface area contributed by atoms with Gasteiger partial charge in [0.15, 0.2) is 17.2 Å². The zero-order chi connectivity index (χ0) is 29.9. The number of aromatic nitrogens is 4. The molecule has 4 aromatic rings. The summed E-state index contributed by atoms with van der Waals surface area (Å²) < 4.78 is 23.1. The molecule has 12 heteroatoms. The Morgan fingerprint density at radius 3 is 2.74 bits per heavy atom. The summed E-state index contributed by atoms with van der Waals surface area (Å²) in [5.74, 6) is -0.375. The van der Waals surface area contributed by atoms with E-state index in [1.54, 1.807) is 17.2 Å². The number of carbonyl (C=O) groups excluding carboxylic acids is 1. The molecule has 1 atom stereocenters.